The van der Waals surface area contributed by atoms with Gasteiger partial charge in [-0.05, 0) is 51.0 Å². The Morgan fingerprint density at radius 1 is 1.14 bits per heavy atom. The van der Waals surface area contributed by atoms with E-state index in [1.54, 1.807) is 42.5 Å². The third-order valence-electron chi connectivity index (χ3n) is 4.83. The Morgan fingerprint density at radius 2 is 1.86 bits per heavy atom. The number of ether oxygens (including phenoxy) is 1. The molecule has 0 aliphatic carbocycles. The zero-order valence-corrected chi connectivity index (χ0v) is 17.0. The van der Waals surface area contributed by atoms with Crippen molar-refractivity contribution in [2.75, 3.05) is 18.5 Å². The summed E-state index contributed by atoms with van der Waals surface area (Å²) in [4.78, 5) is 13.2. The number of nitrogens with one attached hydrogen (secondary N) is 1. The van der Waals surface area contributed by atoms with E-state index in [0.717, 1.165) is 18.4 Å². The van der Waals surface area contributed by atoms with E-state index in [0.29, 0.717) is 31.0 Å². The van der Waals surface area contributed by atoms with Crippen LogP contribution in [0.3, 0.4) is 0 Å². The highest BCUT2D eigenvalue weighted by atomic mass is 32.2. The molecule has 1 N–H and O–H groups in total. The van der Waals surface area contributed by atoms with Crippen LogP contribution in [-0.2, 0) is 14.8 Å². The lowest BCUT2D eigenvalue weighted by molar-refractivity contribution is -0.120. The topological polar surface area (TPSA) is 75.7 Å². The van der Waals surface area contributed by atoms with Crippen LogP contribution in [0.4, 0.5) is 5.69 Å². The predicted octanol–water partition coefficient (Wildman–Crippen LogP) is 3.58. The number of piperidine rings is 1. The van der Waals surface area contributed by atoms with Crippen molar-refractivity contribution in [3.63, 3.8) is 0 Å². The van der Waals surface area contributed by atoms with E-state index < -0.39 is 16.1 Å². The van der Waals surface area contributed by atoms with Gasteiger partial charge in [-0.3, -0.25) is 4.79 Å². The number of amides is 1. The fourth-order valence-electron chi connectivity index (χ4n) is 3.37. The first kappa shape index (κ1) is 20.4. The molecule has 0 radical (unpaired) electrons. The van der Waals surface area contributed by atoms with Crippen LogP contribution in [-0.4, -0.2) is 37.8 Å². The van der Waals surface area contributed by atoms with Crippen molar-refractivity contribution in [2.45, 2.75) is 44.0 Å². The van der Waals surface area contributed by atoms with Crippen LogP contribution in [0.5, 0.6) is 5.75 Å². The first-order chi connectivity index (χ1) is 13.4. The van der Waals surface area contributed by atoms with Gasteiger partial charge in [0.2, 0.25) is 15.9 Å². The number of carbonyl (C=O) groups is 1. The van der Waals surface area contributed by atoms with E-state index in [9.17, 15) is 13.2 Å². The van der Waals surface area contributed by atoms with Crippen molar-refractivity contribution >= 4 is 21.6 Å². The van der Waals surface area contributed by atoms with Gasteiger partial charge in [0.05, 0.1) is 17.2 Å². The SMILES string of the molecule is CCOc1ccccc1NC(=O)C1CCCCN1S(=O)(=O)c1ccc(C)cc1. The van der Waals surface area contributed by atoms with Gasteiger partial charge in [-0.1, -0.05) is 36.2 Å². The number of para-hydroxylation sites is 2. The first-order valence-corrected chi connectivity index (χ1v) is 11.0. The zero-order valence-electron chi connectivity index (χ0n) is 16.2. The molecule has 0 aromatic heterocycles. The van der Waals surface area contributed by atoms with E-state index >= 15 is 0 Å². The second kappa shape index (κ2) is 8.75. The summed E-state index contributed by atoms with van der Waals surface area (Å²) >= 11 is 0. The largest absolute Gasteiger partial charge is 0.492 e. The number of benzene rings is 2. The number of aryl methyl sites for hydroxylation is 1. The minimum Gasteiger partial charge on any atom is -0.492 e. The summed E-state index contributed by atoms with van der Waals surface area (Å²) in [7, 11) is -3.74. The van der Waals surface area contributed by atoms with Crippen molar-refractivity contribution < 1.29 is 17.9 Å². The lowest BCUT2D eigenvalue weighted by atomic mass is 10.0. The second-order valence-corrected chi connectivity index (χ2v) is 8.75. The first-order valence-electron chi connectivity index (χ1n) is 9.54. The maximum absolute atomic E-state index is 13.2. The van der Waals surface area contributed by atoms with Crippen LogP contribution in [0.15, 0.2) is 53.4 Å². The Labute approximate surface area is 166 Å². The minimum absolute atomic E-state index is 0.215. The second-order valence-electron chi connectivity index (χ2n) is 6.86. The average Bonchev–Trinajstić information content (AvgIpc) is 2.70. The van der Waals surface area contributed by atoms with E-state index in [2.05, 4.69) is 5.32 Å². The molecule has 1 heterocycles. The number of hydrogen-bond acceptors (Lipinski definition) is 4. The molecule has 1 unspecified atom stereocenters. The Hall–Kier alpha value is -2.38. The van der Waals surface area contributed by atoms with Gasteiger partial charge in [0.25, 0.3) is 0 Å². The summed E-state index contributed by atoms with van der Waals surface area (Å²) in [6.07, 6.45) is 2.04. The molecule has 0 saturated carbocycles. The van der Waals surface area contributed by atoms with Crippen molar-refractivity contribution in [1.29, 1.82) is 0 Å². The molecular formula is C21H26N2O4S. The Balaban J connectivity index is 1.85. The van der Waals surface area contributed by atoms with E-state index in [-0.39, 0.29) is 10.8 Å². The van der Waals surface area contributed by atoms with Gasteiger partial charge < -0.3 is 10.1 Å². The summed E-state index contributed by atoms with van der Waals surface area (Å²) < 4.78 is 33.2. The molecule has 1 fully saturated rings. The molecule has 28 heavy (non-hydrogen) atoms. The highest BCUT2D eigenvalue weighted by Crippen LogP contribution is 2.28. The molecule has 2 aromatic rings. The molecule has 1 aliphatic rings. The fraction of sp³-hybridized carbons (Fsp3) is 0.381. The van der Waals surface area contributed by atoms with Crippen molar-refractivity contribution in [3.05, 3.63) is 54.1 Å². The molecule has 6 nitrogen and oxygen atoms in total. The lowest BCUT2D eigenvalue weighted by Crippen LogP contribution is -2.49. The molecule has 1 amide bonds. The normalized spacial score (nSPS) is 17.9. The molecule has 1 saturated heterocycles. The minimum atomic E-state index is -3.74. The molecular weight excluding hydrogens is 376 g/mol. The maximum Gasteiger partial charge on any atom is 0.243 e. The van der Waals surface area contributed by atoms with Crippen LogP contribution in [0.2, 0.25) is 0 Å². The monoisotopic (exact) mass is 402 g/mol. The highest BCUT2D eigenvalue weighted by Gasteiger charge is 2.37. The molecule has 0 spiro atoms. The number of anilines is 1. The van der Waals surface area contributed by atoms with Crippen LogP contribution >= 0.6 is 0 Å². The lowest BCUT2D eigenvalue weighted by Gasteiger charge is -2.33. The van der Waals surface area contributed by atoms with E-state index in [1.807, 2.05) is 19.9 Å². The van der Waals surface area contributed by atoms with Crippen molar-refractivity contribution in [3.8, 4) is 5.75 Å². The van der Waals surface area contributed by atoms with Crippen LogP contribution in [0.25, 0.3) is 0 Å². The number of rotatable bonds is 6. The number of carbonyl (C=O) groups excluding carboxylic acids is 1. The molecule has 1 atom stereocenters. The third kappa shape index (κ3) is 4.36. The molecule has 7 heteroatoms. The summed E-state index contributed by atoms with van der Waals surface area (Å²) in [5.41, 5.74) is 1.53. The van der Waals surface area contributed by atoms with Crippen LogP contribution in [0, 0.1) is 6.92 Å². The van der Waals surface area contributed by atoms with Gasteiger partial charge in [0, 0.05) is 6.54 Å². The number of nitrogens with zero attached hydrogens (tertiary/aromatic N) is 1. The van der Waals surface area contributed by atoms with Gasteiger partial charge in [-0.25, -0.2) is 8.42 Å². The highest BCUT2D eigenvalue weighted by molar-refractivity contribution is 7.89. The summed E-state index contributed by atoms with van der Waals surface area (Å²) in [5, 5.41) is 2.86. The predicted molar refractivity (Wildman–Crippen MR) is 109 cm³/mol. The van der Waals surface area contributed by atoms with Gasteiger partial charge >= 0.3 is 0 Å². The van der Waals surface area contributed by atoms with Gasteiger partial charge in [0.15, 0.2) is 0 Å². The molecule has 150 valence electrons. The Bertz CT molecular complexity index is 926. The van der Waals surface area contributed by atoms with E-state index in [1.165, 1.54) is 4.31 Å². The third-order valence-corrected chi connectivity index (χ3v) is 6.75. The summed E-state index contributed by atoms with van der Waals surface area (Å²) in [6, 6.07) is 13.2. The van der Waals surface area contributed by atoms with Crippen LogP contribution < -0.4 is 10.1 Å². The van der Waals surface area contributed by atoms with Crippen molar-refractivity contribution in [2.24, 2.45) is 0 Å². The smallest absolute Gasteiger partial charge is 0.243 e. The maximum atomic E-state index is 13.2. The average molecular weight is 403 g/mol. The number of sulfonamides is 1. The quantitative estimate of drug-likeness (QED) is 0.801. The zero-order chi connectivity index (χ0) is 20.1. The molecule has 1 aliphatic heterocycles. The standard InChI is InChI=1S/C21H26N2O4S/c1-3-27-20-10-5-4-8-18(20)22-21(24)19-9-6-7-15-23(19)28(25,26)17-13-11-16(2)12-14-17/h4-5,8,10-14,19H,3,6-7,9,15H2,1-2H3,(H,22,24). The molecule has 3 rings (SSSR count). The fourth-order valence-corrected chi connectivity index (χ4v) is 5.02. The molecule has 0 bridgehead atoms. The number of hydrogen-bond donors (Lipinski definition) is 1. The molecule has 2 aromatic carbocycles. The summed E-state index contributed by atoms with van der Waals surface area (Å²) in [5.74, 6) is 0.240. The van der Waals surface area contributed by atoms with Gasteiger partial charge in [0.1, 0.15) is 11.8 Å². The Morgan fingerprint density at radius 3 is 2.57 bits per heavy atom. The Kier molecular flexibility index (Phi) is 6.36. The van der Waals surface area contributed by atoms with Gasteiger partial charge in [-0.15, -0.1) is 0 Å². The van der Waals surface area contributed by atoms with Crippen molar-refractivity contribution in [1.82, 2.24) is 4.31 Å². The van der Waals surface area contributed by atoms with Gasteiger partial charge in [-0.2, -0.15) is 4.31 Å². The summed E-state index contributed by atoms with van der Waals surface area (Å²) in [6.45, 7) is 4.59. The van der Waals surface area contributed by atoms with Crippen LogP contribution in [0.1, 0.15) is 31.7 Å². The van der Waals surface area contributed by atoms with E-state index in [4.69, 9.17) is 4.74 Å².